The van der Waals surface area contributed by atoms with Crippen molar-refractivity contribution < 1.29 is 0 Å². The van der Waals surface area contributed by atoms with Crippen LogP contribution in [0.5, 0.6) is 0 Å². The first-order valence-electron chi connectivity index (χ1n) is 4.11. The Morgan fingerprint density at radius 1 is 1.73 bits per heavy atom. The third kappa shape index (κ3) is 2.75. The van der Waals surface area contributed by atoms with Gasteiger partial charge in [0.05, 0.1) is 4.99 Å². The van der Waals surface area contributed by atoms with Crippen molar-refractivity contribution >= 4 is 17.2 Å². The number of hydrogen-bond donors (Lipinski definition) is 1. The molecule has 3 heteroatoms. The highest BCUT2D eigenvalue weighted by Gasteiger charge is 2.28. The van der Waals surface area contributed by atoms with Crippen LogP contribution in [0.2, 0.25) is 0 Å². The Morgan fingerprint density at radius 3 is 2.64 bits per heavy atom. The third-order valence-corrected chi connectivity index (χ3v) is 2.48. The Kier molecular flexibility index (Phi) is 2.84. The first kappa shape index (κ1) is 8.94. The average molecular weight is 172 g/mol. The van der Waals surface area contributed by atoms with E-state index in [0.717, 1.165) is 12.5 Å². The molecule has 0 aromatic heterocycles. The van der Waals surface area contributed by atoms with Gasteiger partial charge in [0.1, 0.15) is 0 Å². The van der Waals surface area contributed by atoms with Crippen LogP contribution in [0.15, 0.2) is 0 Å². The predicted molar refractivity (Wildman–Crippen MR) is 51.6 cm³/mol. The zero-order valence-electron chi connectivity index (χ0n) is 7.21. The molecule has 0 spiro atoms. The van der Waals surface area contributed by atoms with E-state index in [9.17, 15) is 0 Å². The van der Waals surface area contributed by atoms with E-state index >= 15 is 0 Å². The van der Waals surface area contributed by atoms with Gasteiger partial charge in [0, 0.05) is 18.5 Å². The van der Waals surface area contributed by atoms with E-state index in [1.54, 1.807) is 0 Å². The van der Waals surface area contributed by atoms with Crippen molar-refractivity contribution in [2.45, 2.75) is 38.3 Å². The lowest BCUT2D eigenvalue weighted by Gasteiger charge is -2.23. The lowest BCUT2D eigenvalue weighted by molar-refractivity contribution is 0.253. The fourth-order valence-corrected chi connectivity index (χ4v) is 1.52. The van der Waals surface area contributed by atoms with Gasteiger partial charge in [-0.05, 0) is 26.8 Å². The molecule has 0 bridgehead atoms. The maximum atomic E-state index is 5.46. The molecule has 1 unspecified atom stereocenters. The fourth-order valence-electron chi connectivity index (χ4n) is 1.28. The molecule has 1 aliphatic rings. The lowest BCUT2D eigenvalue weighted by Crippen LogP contribution is -2.34. The monoisotopic (exact) mass is 172 g/mol. The molecule has 1 fully saturated rings. The minimum atomic E-state index is 0.514. The zero-order valence-corrected chi connectivity index (χ0v) is 8.03. The molecule has 0 amide bonds. The van der Waals surface area contributed by atoms with Gasteiger partial charge in [-0.3, -0.25) is 0 Å². The summed E-state index contributed by atoms with van der Waals surface area (Å²) in [5, 5.41) is 0. The summed E-state index contributed by atoms with van der Waals surface area (Å²) >= 11 is 4.85. The average Bonchev–Trinajstić information content (AvgIpc) is 2.65. The van der Waals surface area contributed by atoms with E-state index < -0.39 is 0 Å². The molecule has 2 N–H and O–H groups in total. The second kappa shape index (κ2) is 3.50. The van der Waals surface area contributed by atoms with E-state index in [-0.39, 0.29) is 0 Å². The Bertz CT molecular complexity index is 154. The molecule has 0 saturated heterocycles. The summed E-state index contributed by atoms with van der Waals surface area (Å²) in [6.45, 7) is 2.18. The van der Waals surface area contributed by atoms with Crippen molar-refractivity contribution in [3.05, 3.63) is 0 Å². The fraction of sp³-hybridized carbons (Fsp3) is 0.875. The van der Waals surface area contributed by atoms with Crippen LogP contribution < -0.4 is 5.73 Å². The van der Waals surface area contributed by atoms with Crippen LogP contribution in [0.25, 0.3) is 0 Å². The van der Waals surface area contributed by atoms with Crippen LogP contribution in [0.3, 0.4) is 0 Å². The molecule has 0 aromatic carbocycles. The summed E-state index contributed by atoms with van der Waals surface area (Å²) in [5.41, 5.74) is 5.46. The standard InChI is InChI=1S/C8H16N2S/c1-6(5-8(9)11)10(2)7-3-4-7/h6-7H,3-5H2,1-2H3,(H2,9,11). The van der Waals surface area contributed by atoms with Crippen molar-refractivity contribution in [3.63, 3.8) is 0 Å². The Labute approximate surface area is 73.7 Å². The Morgan fingerprint density at radius 2 is 2.27 bits per heavy atom. The minimum Gasteiger partial charge on any atom is -0.393 e. The Balaban J connectivity index is 2.26. The van der Waals surface area contributed by atoms with Crippen LogP contribution in [0.4, 0.5) is 0 Å². The number of hydrogen-bond acceptors (Lipinski definition) is 2. The highest BCUT2D eigenvalue weighted by molar-refractivity contribution is 7.80. The van der Waals surface area contributed by atoms with Crippen molar-refractivity contribution in [1.82, 2.24) is 4.90 Å². The van der Waals surface area contributed by atoms with E-state index in [1.807, 2.05) is 0 Å². The summed E-state index contributed by atoms with van der Waals surface area (Å²) in [6.07, 6.45) is 3.54. The van der Waals surface area contributed by atoms with Crippen LogP contribution in [0.1, 0.15) is 26.2 Å². The van der Waals surface area contributed by atoms with Gasteiger partial charge < -0.3 is 10.6 Å². The smallest absolute Gasteiger partial charge is 0.0742 e. The third-order valence-electron chi connectivity index (χ3n) is 2.31. The maximum Gasteiger partial charge on any atom is 0.0742 e. The number of thiocarbonyl (C=S) groups is 1. The van der Waals surface area contributed by atoms with Gasteiger partial charge in [-0.25, -0.2) is 0 Å². The summed E-state index contributed by atoms with van der Waals surface area (Å²) in [4.78, 5) is 3.00. The summed E-state index contributed by atoms with van der Waals surface area (Å²) in [6, 6.07) is 1.32. The van der Waals surface area contributed by atoms with Crippen molar-refractivity contribution in [3.8, 4) is 0 Å². The predicted octanol–water partition coefficient (Wildman–Crippen LogP) is 1.15. The van der Waals surface area contributed by atoms with Gasteiger partial charge in [-0.15, -0.1) is 0 Å². The topological polar surface area (TPSA) is 29.3 Å². The summed E-state index contributed by atoms with van der Waals surface area (Å²) < 4.78 is 0. The Hall–Kier alpha value is -0.150. The van der Waals surface area contributed by atoms with Crippen molar-refractivity contribution in [2.75, 3.05) is 7.05 Å². The molecular weight excluding hydrogens is 156 g/mol. The van der Waals surface area contributed by atoms with Crippen LogP contribution in [-0.2, 0) is 0 Å². The lowest BCUT2D eigenvalue weighted by atomic mass is 10.2. The molecule has 64 valence electrons. The molecule has 1 saturated carbocycles. The van der Waals surface area contributed by atoms with Crippen LogP contribution in [0, 0.1) is 0 Å². The molecule has 1 aliphatic carbocycles. The molecule has 1 rings (SSSR count). The second-order valence-electron chi connectivity index (χ2n) is 3.42. The molecule has 0 radical (unpaired) electrons. The first-order valence-corrected chi connectivity index (χ1v) is 4.52. The van der Waals surface area contributed by atoms with E-state index in [4.69, 9.17) is 18.0 Å². The number of rotatable bonds is 4. The molecular formula is C8H16N2S. The van der Waals surface area contributed by atoms with E-state index in [1.165, 1.54) is 12.8 Å². The number of nitrogens with zero attached hydrogens (tertiary/aromatic N) is 1. The van der Waals surface area contributed by atoms with Gasteiger partial charge in [0.15, 0.2) is 0 Å². The van der Waals surface area contributed by atoms with Gasteiger partial charge in [-0.2, -0.15) is 0 Å². The zero-order chi connectivity index (χ0) is 8.43. The molecule has 1 atom stereocenters. The first-order chi connectivity index (χ1) is 5.11. The molecule has 0 aliphatic heterocycles. The highest BCUT2D eigenvalue weighted by atomic mass is 32.1. The van der Waals surface area contributed by atoms with Gasteiger partial charge in [-0.1, -0.05) is 12.2 Å². The minimum absolute atomic E-state index is 0.514. The highest BCUT2D eigenvalue weighted by Crippen LogP contribution is 2.27. The summed E-state index contributed by atoms with van der Waals surface area (Å²) in [7, 11) is 2.15. The second-order valence-corrected chi connectivity index (χ2v) is 3.94. The van der Waals surface area contributed by atoms with E-state index in [2.05, 4.69) is 18.9 Å². The quantitative estimate of drug-likeness (QED) is 0.645. The molecule has 0 aromatic rings. The van der Waals surface area contributed by atoms with Crippen LogP contribution >= 0.6 is 12.2 Å². The molecule has 11 heavy (non-hydrogen) atoms. The van der Waals surface area contributed by atoms with Crippen molar-refractivity contribution in [1.29, 1.82) is 0 Å². The normalized spacial score (nSPS) is 20.3. The maximum absolute atomic E-state index is 5.46. The summed E-state index contributed by atoms with van der Waals surface area (Å²) in [5.74, 6) is 0. The molecule has 0 heterocycles. The van der Waals surface area contributed by atoms with Gasteiger partial charge >= 0.3 is 0 Å². The van der Waals surface area contributed by atoms with Crippen molar-refractivity contribution in [2.24, 2.45) is 5.73 Å². The van der Waals surface area contributed by atoms with Gasteiger partial charge in [0.2, 0.25) is 0 Å². The SMILES string of the molecule is CC(CC(N)=S)N(C)C1CC1. The van der Waals surface area contributed by atoms with Gasteiger partial charge in [0.25, 0.3) is 0 Å². The largest absolute Gasteiger partial charge is 0.393 e. The number of nitrogens with two attached hydrogens (primary N) is 1. The van der Waals surface area contributed by atoms with Crippen LogP contribution in [-0.4, -0.2) is 29.0 Å². The van der Waals surface area contributed by atoms with E-state index in [0.29, 0.717) is 11.0 Å². The molecule has 2 nitrogen and oxygen atoms in total.